The van der Waals surface area contributed by atoms with Gasteiger partial charge in [0.15, 0.2) is 6.29 Å². The molecule has 0 heterocycles. The fourth-order valence-corrected chi connectivity index (χ4v) is 1.38. The van der Waals surface area contributed by atoms with Crippen molar-refractivity contribution < 1.29 is 13.6 Å². The van der Waals surface area contributed by atoms with E-state index < -0.39 is 5.92 Å². The first-order chi connectivity index (χ1) is 6.57. The van der Waals surface area contributed by atoms with Crippen molar-refractivity contribution in [1.82, 2.24) is 0 Å². The van der Waals surface area contributed by atoms with Crippen LogP contribution in [-0.2, 0) is 4.79 Å². The summed E-state index contributed by atoms with van der Waals surface area (Å²) >= 11 is 0. The van der Waals surface area contributed by atoms with Gasteiger partial charge in [-0.3, -0.25) is 9.79 Å². The van der Waals surface area contributed by atoms with E-state index in [0.29, 0.717) is 6.29 Å². The van der Waals surface area contributed by atoms with E-state index in [1.165, 1.54) is 12.3 Å². The van der Waals surface area contributed by atoms with E-state index >= 15 is 0 Å². The molecule has 1 aliphatic carbocycles. The Hall–Kier alpha value is -1.26. The first-order valence-corrected chi connectivity index (χ1v) is 4.33. The molecule has 2 N–H and O–H groups in total. The number of hydrogen-bond donors (Lipinski definition) is 1. The summed E-state index contributed by atoms with van der Waals surface area (Å²) in [6.45, 7) is 0.272. The van der Waals surface area contributed by atoms with Crippen LogP contribution in [-0.4, -0.2) is 24.5 Å². The maximum atomic E-state index is 12.4. The molecule has 0 spiro atoms. The molecule has 0 aliphatic heterocycles. The molecule has 0 saturated heterocycles. The van der Waals surface area contributed by atoms with Gasteiger partial charge >= 0.3 is 0 Å². The number of hydrogen-bond acceptors (Lipinski definition) is 3. The van der Waals surface area contributed by atoms with E-state index in [1.807, 2.05) is 0 Å². The van der Waals surface area contributed by atoms with Crippen LogP contribution < -0.4 is 5.73 Å². The lowest BCUT2D eigenvalue weighted by Crippen LogP contribution is -2.37. The van der Waals surface area contributed by atoms with Gasteiger partial charge in [-0.05, 0) is 18.2 Å². The number of allylic oxidation sites excluding steroid dienone is 1. The largest absolute Gasteiger partial charge is 0.405 e. The molecule has 1 rings (SSSR count). The Kier molecular flexibility index (Phi) is 3.33. The van der Waals surface area contributed by atoms with Gasteiger partial charge in [-0.2, -0.15) is 0 Å². The number of carbonyl (C=O) groups is 1. The van der Waals surface area contributed by atoms with Crippen molar-refractivity contribution in [3.63, 3.8) is 0 Å². The van der Waals surface area contributed by atoms with Crippen LogP contribution in [0.25, 0.3) is 0 Å². The summed E-state index contributed by atoms with van der Waals surface area (Å²) in [5.41, 5.74) is 5.26. The lowest BCUT2D eigenvalue weighted by molar-refractivity contribution is -0.107. The zero-order chi connectivity index (χ0) is 10.6. The minimum atomic E-state index is -2.52. The Bertz CT molecular complexity index is 266. The quantitative estimate of drug-likeness (QED) is 0.549. The third-order valence-corrected chi connectivity index (χ3v) is 2.09. The van der Waals surface area contributed by atoms with Gasteiger partial charge in [-0.15, -0.1) is 0 Å². The Balaban J connectivity index is 2.36. The van der Waals surface area contributed by atoms with Crippen LogP contribution in [0.2, 0.25) is 0 Å². The average Bonchev–Trinajstić information content (AvgIpc) is 2.08. The highest BCUT2D eigenvalue weighted by atomic mass is 19.3. The number of rotatable bonds is 4. The molecular formula is C9H12F2N2O. The predicted molar refractivity (Wildman–Crippen MR) is 49.4 cm³/mol. The number of nitrogens with two attached hydrogens (primary N) is 1. The predicted octanol–water partition coefficient (Wildman–Crippen LogP) is 1.14. The van der Waals surface area contributed by atoms with Crippen LogP contribution in [0.1, 0.15) is 12.8 Å². The van der Waals surface area contributed by atoms with Crippen LogP contribution in [0.5, 0.6) is 0 Å². The molecule has 1 aliphatic rings. The topological polar surface area (TPSA) is 55.5 Å². The van der Waals surface area contributed by atoms with Crippen molar-refractivity contribution in [3.05, 3.63) is 12.3 Å². The second kappa shape index (κ2) is 4.30. The molecule has 3 nitrogen and oxygen atoms in total. The molecule has 0 aromatic heterocycles. The number of carbonyl (C=O) groups excluding carboxylic acids is 1. The molecule has 1 saturated carbocycles. The Labute approximate surface area is 80.7 Å². The highest BCUT2D eigenvalue weighted by molar-refractivity contribution is 6.33. The lowest BCUT2D eigenvalue weighted by atomic mass is 9.81. The molecule has 0 bridgehead atoms. The number of aliphatic imine (C=N–C) groups is 1. The van der Waals surface area contributed by atoms with Gasteiger partial charge in [0.1, 0.15) is 0 Å². The summed E-state index contributed by atoms with van der Waals surface area (Å²) in [5.74, 6) is -2.63. The highest BCUT2D eigenvalue weighted by Gasteiger charge is 2.44. The van der Waals surface area contributed by atoms with E-state index in [-0.39, 0.29) is 31.0 Å². The molecular weight excluding hydrogens is 190 g/mol. The standard InChI is InChI=1S/C9H12F2N2O/c10-9(11)3-7(4-9)5-13-8(6-14)1-2-12/h1-2,6-7H,3-5,12H2/b2-1-,13-8?. The SMILES string of the molecule is N/C=C\C(C=O)=NCC1CC(F)(F)C1. The summed E-state index contributed by atoms with van der Waals surface area (Å²) in [6.07, 6.45) is 2.84. The first-order valence-electron chi connectivity index (χ1n) is 4.33. The Morgan fingerprint density at radius 3 is 2.64 bits per heavy atom. The molecule has 14 heavy (non-hydrogen) atoms. The van der Waals surface area contributed by atoms with Crippen molar-refractivity contribution in [2.75, 3.05) is 6.54 Å². The minimum Gasteiger partial charge on any atom is -0.405 e. The van der Waals surface area contributed by atoms with Gasteiger partial charge in [0.05, 0.1) is 5.71 Å². The fourth-order valence-electron chi connectivity index (χ4n) is 1.38. The molecule has 5 heteroatoms. The summed E-state index contributed by atoms with van der Waals surface area (Å²) < 4.78 is 24.8. The number of halogens is 2. The van der Waals surface area contributed by atoms with E-state index in [2.05, 4.69) is 4.99 Å². The number of aldehydes is 1. The van der Waals surface area contributed by atoms with Crippen LogP contribution in [0.3, 0.4) is 0 Å². The van der Waals surface area contributed by atoms with E-state index in [1.54, 1.807) is 0 Å². The normalized spacial score (nSPS) is 22.3. The lowest BCUT2D eigenvalue weighted by Gasteiger charge is -2.33. The van der Waals surface area contributed by atoms with Gasteiger partial charge in [-0.25, -0.2) is 8.78 Å². The molecule has 0 amide bonds. The molecule has 78 valence electrons. The zero-order valence-corrected chi connectivity index (χ0v) is 7.62. The monoisotopic (exact) mass is 202 g/mol. The van der Waals surface area contributed by atoms with Gasteiger partial charge in [-0.1, -0.05) is 0 Å². The molecule has 0 atom stereocenters. The Morgan fingerprint density at radius 2 is 2.21 bits per heavy atom. The summed E-state index contributed by atoms with van der Waals surface area (Å²) in [5, 5.41) is 0. The molecule has 0 unspecified atom stereocenters. The summed E-state index contributed by atoms with van der Waals surface area (Å²) in [7, 11) is 0. The summed E-state index contributed by atoms with van der Waals surface area (Å²) in [4.78, 5) is 14.2. The second-order valence-corrected chi connectivity index (χ2v) is 3.37. The van der Waals surface area contributed by atoms with Crippen molar-refractivity contribution in [2.24, 2.45) is 16.6 Å². The smallest absolute Gasteiger partial charge is 0.248 e. The molecule has 0 aromatic rings. The van der Waals surface area contributed by atoms with E-state index in [9.17, 15) is 13.6 Å². The van der Waals surface area contributed by atoms with Crippen LogP contribution in [0, 0.1) is 5.92 Å². The van der Waals surface area contributed by atoms with E-state index in [0.717, 1.165) is 0 Å². The van der Waals surface area contributed by atoms with Crippen LogP contribution >= 0.6 is 0 Å². The number of alkyl halides is 2. The zero-order valence-electron chi connectivity index (χ0n) is 7.62. The van der Waals surface area contributed by atoms with Gasteiger partial charge in [0.25, 0.3) is 0 Å². The average molecular weight is 202 g/mol. The van der Waals surface area contributed by atoms with Gasteiger partial charge in [0, 0.05) is 19.4 Å². The maximum Gasteiger partial charge on any atom is 0.248 e. The first kappa shape index (κ1) is 10.8. The summed E-state index contributed by atoms with van der Waals surface area (Å²) in [6, 6.07) is 0. The van der Waals surface area contributed by atoms with Crippen LogP contribution in [0.15, 0.2) is 17.3 Å². The van der Waals surface area contributed by atoms with Gasteiger partial charge < -0.3 is 5.73 Å². The van der Waals surface area contributed by atoms with E-state index in [4.69, 9.17) is 5.73 Å². The molecule has 0 aromatic carbocycles. The highest BCUT2D eigenvalue weighted by Crippen LogP contribution is 2.42. The third-order valence-electron chi connectivity index (χ3n) is 2.09. The van der Waals surface area contributed by atoms with Crippen LogP contribution in [0.4, 0.5) is 8.78 Å². The van der Waals surface area contributed by atoms with Crippen molar-refractivity contribution in [1.29, 1.82) is 0 Å². The third kappa shape index (κ3) is 2.90. The molecule has 1 fully saturated rings. The number of nitrogens with zero attached hydrogens (tertiary/aromatic N) is 1. The Morgan fingerprint density at radius 1 is 1.57 bits per heavy atom. The van der Waals surface area contributed by atoms with Crippen molar-refractivity contribution in [2.45, 2.75) is 18.8 Å². The van der Waals surface area contributed by atoms with Gasteiger partial charge in [0.2, 0.25) is 5.92 Å². The minimum absolute atomic E-state index is 0.105. The second-order valence-electron chi connectivity index (χ2n) is 3.37. The fraction of sp³-hybridized carbons (Fsp3) is 0.556. The van der Waals surface area contributed by atoms with Crippen molar-refractivity contribution >= 4 is 12.0 Å². The van der Waals surface area contributed by atoms with Crippen molar-refractivity contribution in [3.8, 4) is 0 Å². The molecule has 0 radical (unpaired) electrons. The maximum absolute atomic E-state index is 12.4.